The summed E-state index contributed by atoms with van der Waals surface area (Å²) in [5.74, 6) is 0.711. The summed E-state index contributed by atoms with van der Waals surface area (Å²) in [6, 6.07) is 2.19. The molecule has 2 aliphatic rings. The topological polar surface area (TPSA) is 130 Å². The van der Waals surface area contributed by atoms with E-state index in [0.717, 1.165) is 38.0 Å². The molecule has 5 heterocycles. The van der Waals surface area contributed by atoms with Gasteiger partial charge in [0, 0.05) is 63.4 Å². The molecule has 2 aliphatic heterocycles. The van der Waals surface area contributed by atoms with Gasteiger partial charge in [0.1, 0.15) is 11.2 Å². The molecule has 12 nitrogen and oxygen atoms in total. The molecule has 3 aromatic rings. The molecule has 14 heteroatoms. The second-order valence-corrected chi connectivity index (χ2v) is 11.2. The van der Waals surface area contributed by atoms with Crippen molar-refractivity contribution in [1.82, 2.24) is 34.5 Å². The van der Waals surface area contributed by atoms with Gasteiger partial charge in [-0.05, 0) is 6.42 Å². The Kier molecular flexibility index (Phi) is 8.36. The van der Waals surface area contributed by atoms with Crippen LogP contribution in [0.2, 0.25) is 0 Å². The summed E-state index contributed by atoms with van der Waals surface area (Å²) in [5.41, 5.74) is 1.11. The summed E-state index contributed by atoms with van der Waals surface area (Å²) in [6.45, 7) is 9.81. The smallest absolute Gasteiger partial charge is 0.269 e. The number of nitrogens with zero attached hydrogens (tertiary/aromatic N) is 7. The molecule has 0 amide bonds. The van der Waals surface area contributed by atoms with Crippen molar-refractivity contribution in [3.05, 3.63) is 47.4 Å². The van der Waals surface area contributed by atoms with Crippen LogP contribution in [0.5, 0.6) is 5.75 Å². The first-order valence-corrected chi connectivity index (χ1v) is 13.7. The summed E-state index contributed by atoms with van der Waals surface area (Å²) in [4.78, 5) is 15.2. The summed E-state index contributed by atoms with van der Waals surface area (Å²) in [6.07, 6.45) is 4.70. The number of likely N-dealkylation sites (tertiary alicyclic amines) is 1. The van der Waals surface area contributed by atoms with Crippen LogP contribution < -0.4 is 15.4 Å². The number of rotatable bonds is 10. The van der Waals surface area contributed by atoms with E-state index in [2.05, 4.69) is 55.9 Å². The van der Waals surface area contributed by atoms with Gasteiger partial charge in [-0.3, -0.25) is 14.6 Å². The maximum atomic E-state index is 14.5. The van der Waals surface area contributed by atoms with Crippen LogP contribution in [0, 0.1) is 5.41 Å². The molecule has 0 aliphatic carbocycles. The van der Waals surface area contributed by atoms with Gasteiger partial charge in [0.25, 0.3) is 6.43 Å². The van der Waals surface area contributed by atoms with Crippen molar-refractivity contribution in [3.63, 3.8) is 0 Å². The molecule has 0 saturated carbocycles. The maximum absolute atomic E-state index is 14.5. The molecule has 0 bridgehead atoms. The number of aryl methyl sites for hydroxylation is 1. The Bertz CT molecular complexity index is 1550. The fraction of sp³-hybridized carbons (Fsp3) is 0.464. The van der Waals surface area contributed by atoms with Crippen LogP contribution in [0.4, 0.5) is 20.5 Å². The number of methoxy groups -OCH3 is 1. The fourth-order valence-corrected chi connectivity index (χ4v) is 5.17. The zero-order valence-corrected chi connectivity index (χ0v) is 24.4. The number of hydrogen-bond acceptors (Lipinski definition) is 10. The van der Waals surface area contributed by atoms with Crippen LogP contribution in [0.25, 0.3) is 11.2 Å². The highest BCUT2D eigenvalue weighted by Gasteiger charge is 2.31. The third kappa shape index (κ3) is 5.90. The Labute approximate surface area is 242 Å². The minimum Gasteiger partial charge on any atom is -0.451 e. The number of anilines is 2. The molecule has 224 valence electrons. The van der Waals surface area contributed by atoms with Gasteiger partial charge in [-0.15, -0.1) is 0 Å². The lowest BCUT2D eigenvalue weighted by Crippen LogP contribution is -2.27. The molecule has 42 heavy (non-hydrogen) atoms. The van der Waals surface area contributed by atoms with E-state index >= 15 is 0 Å². The Hall–Kier alpha value is -4.17. The normalized spacial score (nSPS) is 18.6. The maximum Gasteiger partial charge on any atom is 0.269 e. The number of allylic oxidation sites excluding steroid dienone is 2. The zero-order valence-electron chi connectivity index (χ0n) is 24.4. The molecule has 0 unspecified atom stereocenters. The van der Waals surface area contributed by atoms with E-state index in [-0.39, 0.29) is 39.7 Å². The highest BCUT2D eigenvalue weighted by atomic mass is 19.3. The van der Waals surface area contributed by atoms with Gasteiger partial charge < -0.3 is 30.1 Å². The van der Waals surface area contributed by atoms with Crippen molar-refractivity contribution >= 4 is 35.4 Å². The first-order chi connectivity index (χ1) is 20.1. The second kappa shape index (κ2) is 12.0. The SMILES string of the molecule is COCCN1CC[C@H](n2nc(Nc3nc4ncc(O/C(C=N)=C5\C=NC=CN5)c(C(F)F)c4n3C)cc2C(C)(C)C)C1. The first kappa shape index (κ1) is 29.3. The van der Waals surface area contributed by atoms with Crippen LogP contribution in [0.1, 0.15) is 50.9 Å². The van der Waals surface area contributed by atoms with Crippen molar-refractivity contribution in [2.24, 2.45) is 12.0 Å². The highest BCUT2D eigenvalue weighted by Crippen LogP contribution is 2.37. The third-order valence-corrected chi connectivity index (χ3v) is 7.29. The number of ether oxygens (including phenoxy) is 2. The molecular formula is C28H36F2N10O2. The van der Waals surface area contributed by atoms with E-state index in [9.17, 15) is 8.78 Å². The largest absolute Gasteiger partial charge is 0.451 e. The summed E-state index contributed by atoms with van der Waals surface area (Å²) in [5, 5.41) is 18.8. The summed E-state index contributed by atoms with van der Waals surface area (Å²) >= 11 is 0. The Morgan fingerprint density at radius 3 is 2.81 bits per heavy atom. The monoisotopic (exact) mass is 582 g/mol. The molecular weight excluding hydrogens is 546 g/mol. The molecule has 5 rings (SSSR count). The molecule has 1 atom stereocenters. The Balaban J connectivity index is 1.48. The number of hydrogen-bond donors (Lipinski definition) is 3. The van der Waals surface area contributed by atoms with E-state index in [1.165, 1.54) is 23.2 Å². The van der Waals surface area contributed by atoms with Crippen LogP contribution in [0.15, 0.2) is 41.1 Å². The third-order valence-electron chi connectivity index (χ3n) is 7.29. The fourth-order valence-electron chi connectivity index (χ4n) is 5.17. The predicted molar refractivity (Wildman–Crippen MR) is 157 cm³/mol. The highest BCUT2D eigenvalue weighted by molar-refractivity contribution is 5.90. The van der Waals surface area contributed by atoms with Gasteiger partial charge in [0.05, 0.1) is 36.8 Å². The minimum atomic E-state index is -2.89. The molecule has 3 aromatic heterocycles. The first-order valence-electron chi connectivity index (χ1n) is 13.7. The van der Waals surface area contributed by atoms with Crippen molar-refractivity contribution in [2.75, 3.05) is 38.7 Å². The average Bonchev–Trinajstić information content (AvgIpc) is 3.68. The van der Waals surface area contributed by atoms with Crippen molar-refractivity contribution in [1.29, 1.82) is 5.41 Å². The minimum absolute atomic E-state index is 0.0135. The number of fused-ring (bicyclic) bond motifs is 1. The zero-order chi connectivity index (χ0) is 30.0. The lowest BCUT2D eigenvalue weighted by atomic mass is 9.91. The van der Waals surface area contributed by atoms with Gasteiger partial charge in [-0.1, -0.05) is 20.8 Å². The van der Waals surface area contributed by atoms with Crippen LogP contribution in [-0.2, 0) is 17.2 Å². The van der Waals surface area contributed by atoms with Crippen LogP contribution in [-0.4, -0.2) is 75.0 Å². The number of nitrogens with one attached hydrogen (secondary N) is 3. The van der Waals surface area contributed by atoms with E-state index in [0.29, 0.717) is 24.1 Å². The molecule has 1 saturated heterocycles. The number of halogens is 2. The van der Waals surface area contributed by atoms with Crippen molar-refractivity contribution < 1.29 is 18.3 Å². The van der Waals surface area contributed by atoms with Gasteiger partial charge in [0.2, 0.25) is 5.95 Å². The van der Waals surface area contributed by atoms with Crippen LogP contribution in [0.3, 0.4) is 0 Å². The number of aromatic nitrogens is 5. The van der Waals surface area contributed by atoms with E-state index in [1.54, 1.807) is 20.4 Å². The molecule has 3 N–H and O–H groups in total. The standard InChI is InChI=1S/C28H36F2N10O2/c1-28(2,3)21-12-22(37-40(21)17-6-9-39(16-17)10-11-41-5)35-27-36-26-24(38(27)4)23(25(29)30)20(15-34-26)42-19(13-31)18-14-32-7-8-33-18/h7-8,12-15,17,25,31,33H,6,9-11,16H2,1-5H3,(H,34,35,36,37)/b19-18+,31-13?/t17-/m0/s1. The van der Waals surface area contributed by atoms with E-state index in [4.69, 9.17) is 20.0 Å². The van der Waals surface area contributed by atoms with E-state index < -0.39 is 6.43 Å². The van der Waals surface area contributed by atoms with Crippen molar-refractivity contribution in [2.45, 2.75) is 45.1 Å². The molecule has 0 spiro atoms. The quantitative estimate of drug-likeness (QED) is 0.237. The average molecular weight is 583 g/mol. The number of alkyl halides is 2. The number of aliphatic imine (C=N–C) groups is 1. The number of pyridine rings is 1. The predicted octanol–water partition coefficient (Wildman–Crippen LogP) is 4.42. The van der Waals surface area contributed by atoms with Crippen molar-refractivity contribution in [3.8, 4) is 5.75 Å². The van der Waals surface area contributed by atoms with Gasteiger partial charge in [0.15, 0.2) is 23.0 Å². The van der Waals surface area contributed by atoms with Gasteiger partial charge in [-0.25, -0.2) is 13.8 Å². The van der Waals surface area contributed by atoms with Gasteiger partial charge >= 0.3 is 0 Å². The summed E-state index contributed by atoms with van der Waals surface area (Å²) < 4.78 is 43.6. The Morgan fingerprint density at radius 2 is 2.14 bits per heavy atom. The summed E-state index contributed by atoms with van der Waals surface area (Å²) in [7, 11) is 3.34. The molecule has 0 aromatic carbocycles. The van der Waals surface area contributed by atoms with Gasteiger partial charge in [-0.2, -0.15) is 10.1 Å². The second-order valence-electron chi connectivity index (χ2n) is 11.2. The lowest BCUT2D eigenvalue weighted by Gasteiger charge is -2.23. The Morgan fingerprint density at radius 1 is 1.33 bits per heavy atom. The van der Waals surface area contributed by atoms with Crippen LogP contribution >= 0.6 is 0 Å². The molecule has 1 fully saturated rings. The molecule has 0 radical (unpaired) electrons. The van der Waals surface area contributed by atoms with E-state index in [1.807, 2.05) is 6.07 Å². The number of imidazole rings is 1. The lowest BCUT2D eigenvalue weighted by molar-refractivity contribution is 0.149.